The second-order valence-corrected chi connectivity index (χ2v) is 4.85. The van der Waals surface area contributed by atoms with Crippen LogP contribution in [-0.2, 0) is 11.2 Å². The monoisotopic (exact) mass is 251 g/mol. The maximum Gasteiger partial charge on any atom is 0.223 e. The van der Waals surface area contributed by atoms with Gasteiger partial charge in [0.2, 0.25) is 5.91 Å². The predicted octanol–water partition coefficient (Wildman–Crippen LogP) is 1.98. The average molecular weight is 251 g/mol. The Balaban J connectivity index is 1.89. The minimum absolute atomic E-state index is 0.0107. The molecule has 0 saturated carbocycles. The summed E-state index contributed by atoms with van der Waals surface area (Å²) in [6.07, 6.45) is 6.95. The Bertz CT molecular complexity index is 361. The van der Waals surface area contributed by atoms with Gasteiger partial charge in [-0.2, -0.15) is 0 Å². The number of aliphatic hydroxyl groups excluding tert-OH is 1. The van der Waals surface area contributed by atoms with Gasteiger partial charge in [-0.3, -0.25) is 4.79 Å². The Morgan fingerprint density at radius 3 is 3.06 bits per heavy atom. The van der Waals surface area contributed by atoms with Crippen molar-refractivity contribution in [2.45, 2.75) is 44.6 Å². The van der Waals surface area contributed by atoms with E-state index in [1.807, 2.05) is 17.0 Å². The topological polar surface area (TPSA) is 53.7 Å². The molecule has 1 aromatic rings. The Labute approximate surface area is 108 Å². The van der Waals surface area contributed by atoms with Crippen molar-refractivity contribution in [3.05, 3.63) is 24.2 Å². The maximum absolute atomic E-state index is 12.2. The van der Waals surface area contributed by atoms with Crippen LogP contribution in [0.5, 0.6) is 0 Å². The first kappa shape index (κ1) is 13.1. The summed E-state index contributed by atoms with van der Waals surface area (Å²) in [4.78, 5) is 14.0. The summed E-state index contributed by atoms with van der Waals surface area (Å²) < 4.78 is 5.23. The zero-order chi connectivity index (χ0) is 12.8. The number of aliphatic hydroxyl groups is 1. The molecule has 100 valence electrons. The second kappa shape index (κ2) is 6.59. The van der Waals surface area contributed by atoms with Gasteiger partial charge < -0.3 is 14.4 Å². The lowest BCUT2D eigenvalue weighted by Gasteiger charge is -2.28. The number of hydrogen-bond donors (Lipinski definition) is 1. The number of aryl methyl sites for hydroxylation is 1. The minimum Gasteiger partial charge on any atom is -0.469 e. The van der Waals surface area contributed by atoms with Crippen LogP contribution in [0.2, 0.25) is 0 Å². The molecule has 18 heavy (non-hydrogen) atoms. The number of furan rings is 1. The van der Waals surface area contributed by atoms with E-state index in [2.05, 4.69) is 0 Å². The first-order valence-electron chi connectivity index (χ1n) is 6.74. The number of likely N-dealkylation sites (tertiary alicyclic amines) is 1. The Hall–Kier alpha value is -1.29. The Kier molecular flexibility index (Phi) is 4.81. The van der Waals surface area contributed by atoms with Gasteiger partial charge in [0, 0.05) is 19.4 Å². The quantitative estimate of drug-likeness (QED) is 0.890. The van der Waals surface area contributed by atoms with Crippen molar-refractivity contribution in [3.8, 4) is 0 Å². The normalized spacial score (nSPS) is 20.7. The zero-order valence-electron chi connectivity index (χ0n) is 10.7. The summed E-state index contributed by atoms with van der Waals surface area (Å²) in [5.41, 5.74) is 0. The molecule has 1 aromatic heterocycles. The number of hydrogen-bond acceptors (Lipinski definition) is 3. The number of carbonyl (C=O) groups is 1. The van der Waals surface area contributed by atoms with Crippen molar-refractivity contribution in [1.82, 2.24) is 4.90 Å². The van der Waals surface area contributed by atoms with Crippen molar-refractivity contribution >= 4 is 5.91 Å². The van der Waals surface area contributed by atoms with Crippen molar-refractivity contribution in [3.63, 3.8) is 0 Å². The van der Waals surface area contributed by atoms with Gasteiger partial charge in [-0.05, 0) is 25.0 Å². The van der Waals surface area contributed by atoms with E-state index in [-0.39, 0.29) is 18.6 Å². The van der Waals surface area contributed by atoms with Crippen molar-refractivity contribution < 1.29 is 14.3 Å². The van der Waals surface area contributed by atoms with Gasteiger partial charge in [-0.15, -0.1) is 0 Å². The third-order valence-corrected chi connectivity index (χ3v) is 3.57. The van der Waals surface area contributed by atoms with Crippen LogP contribution in [0, 0.1) is 0 Å². The molecule has 2 rings (SSSR count). The van der Waals surface area contributed by atoms with Crippen LogP contribution in [0.25, 0.3) is 0 Å². The Morgan fingerprint density at radius 2 is 2.33 bits per heavy atom. The Morgan fingerprint density at radius 1 is 1.44 bits per heavy atom. The lowest BCUT2D eigenvalue weighted by Crippen LogP contribution is -2.42. The fraction of sp³-hybridized carbons (Fsp3) is 0.643. The zero-order valence-corrected chi connectivity index (χ0v) is 10.7. The van der Waals surface area contributed by atoms with Gasteiger partial charge in [0.25, 0.3) is 0 Å². The molecule has 1 fully saturated rings. The van der Waals surface area contributed by atoms with E-state index in [1.54, 1.807) is 6.26 Å². The molecular weight excluding hydrogens is 230 g/mol. The van der Waals surface area contributed by atoms with Crippen molar-refractivity contribution in [2.75, 3.05) is 13.2 Å². The van der Waals surface area contributed by atoms with Gasteiger partial charge in [0.05, 0.1) is 18.9 Å². The molecular formula is C14H21NO3. The lowest BCUT2D eigenvalue weighted by atomic mass is 10.1. The van der Waals surface area contributed by atoms with Crippen molar-refractivity contribution in [2.24, 2.45) is 0 Å². The predicted molar refractivity (Wildman–Crippen MR) is 68.1 cm³/mol. The van der Waals surface area contributed by atoms with Gasteiger partial charge in [0.1, 0.15) is 5.76 Å². The van der Waals surface area contributed by atoms with Gasteiger partial charge in [-0.25, -0.2) is 0 Å². The molecule has 1 aliphatic heterocycles. The highest BCUT2D eigenvalue weighted by atomic mass is 16.3. The highest BCUT2D eigenvalue weighted by Gasteiger charge is 2.24. The number of carbonyl (C=O) groups excluding carboxylic acids is 1. The first-order valence-corrected chi connectivity index (χ1v) is 6.74. The second-order valence-electron chi connectivity index (χ2n) is 4.85. The molecule has 1 aliphatic rings. The third kappa shape index (κ3) is 3.35. The highest BCUT2D eigenvalue weighted by molar-refractivity contribution is 5.76. The van der Waals surface area contributed by atoms with Gasteiger partial charge in [0.15, 0.2) is 0 Å². The molecule has 4 heteroatoms. The molecule has 0 spiro atoms. The summed E-state index contributed by atoms with van der Waals surface area (Å²) in [6, 6.07) is 3.73. The summed E-state index contributed by atoms with van der Waals surface area (Å²) in [5.74, 6) is 0.978. The van der Waals surface area contributed by atoms with Crippen LogP contribution < -0.4 is 0 Å². The molecule has 0 aromatic carbocycles. The molecule has 1 unspecified atom stereocenters. The molecule has 4 nitrogen and oxygen atoms in total. The van der Waals surface area contributed by atoms with Crippen LogP contribution in [0.3, 0.4) is 0 Å². The summed E-state index contributed by atoms with van der Waals surface area (Å²) >= 11 is 0. The largest absolute Gasteiger partial charge is 0.469 e. The summed E-state index contributed by atoms with van der Waals surface area (Å²) in [7, 11) is 0. The minimum atomic E-state index is 0.0107. The van der Waals surface area contributed by atoms with E-state index in [1.165, 1.54) is 0 Å². The van der Waals surface area contributed by atoms with Gasteiger partial charge >= 0.3 is 0 Å². The van der Waals surface area contributed by atoms with E-state index in [0.717, 1.165) is 38.0 Å². The molecule has 1 saturated heterocycles. The molecule has 1 atom stereocenters. The van der Waals surface area contributed by atoms with E-state index < -0.39 is 0 Å². The van der Waals surface area contributed by atoms with Crippen LogP contribution in [0.1, 0.15) is 37.9 Å². The average Bonchev–Trinajstić information content (AvgIpc) is 2.79. The molecule has 1 amide bonds. The van der Waals surface area contributed by atoms with Crippen LogP contribution in [-0.4, -0.2) is 35.1 Å². The number of amides is 1. The maximum atomic E-state index is 12.2. The molecule has 0 radical (unpaired) electrons. The van der Waals surface area contributed by atoms with E-state index >= 15 is 0 Å². The van der Waals surface area contributed by atoms with Crippen LogP contribution in [0.4, 0.5) is 0 Å². The van der Waals surface area contributed by atoms with Crippen molar-refractivity contribution in [1.29, 1.82) is 0 Å². The first-order chi connectivity index (χ1) is 8.81. The summed E-state index contributed by atoms with van der Waals surface area (Å²) in [6.45, 7) is 0.856. The standard InChI is InChI=1S/C14H21NO3/c16-11-12-5-2-1-3-9-15(12)14(17)8-7-13-6-4-10-18-13/h4,6,10,12,16H,1-3,5,7-9,11H2. The third-order valence-electron chi connectivity index (χ3n) is 3.57. The van der Waals surface area contributed by atoms with E-state index in [4.69, 9.17) is 4.42 Å². The fourth-order valence-corrected chi connectivity index (χ4v) is 2.52. The van der Waals surface area contributed by atoms with Crippen LogP contribution >= 0.6 is 0 Å². The van der Waals surface area contributed by atoms with E-state index in [9.17, 15) is 9.90 Å². The molecule has 1 N–H and O–H groups in total. The molecule has 2 heterocycles. The van der Waals surface area contributed by atoms with Crippen LogP contribution in [0.15, 0.2) is 22.8 Å². The SMILES string of the molecule is O=C(CCc1ccco1)N1CCCCCC1CO. The molecule has 0 aliphatic carbocycles. The molecule has 0 bridgehead atoms. The summed E-state index contributed by atoms with van der Waals surface area (Å²) in [5, 5.41) is 9.38. The fourth-order valence-electron chi connectivity index (χ4n) is 2.52. The smallest absolute Gasteiger partial charge is 0.223 e. The lowest BCUT2D eigenvalue weighted by molar-refractivity contribution is -0.134. The van der Waals surface area contributed by atoms with Gasteiger partial charge in [-0.1, -0.05) is 12.8 Å². The van der Waals surface area contributed by atoms with E-state index in [0.29, 0.717) is 12.8 Å². The number of rotatable bonds is 4. The highest BCUT2D eigenvalue weighted by Crippen LogP contribution is 2.18. The number of nitrogens with zero attached hydrogens (tertiary/aromatic N) is 1.